The van der Waals surface area contributed by atoms with Gasteiger partial charge in [0.1, 0.15) is 21.7 Å². The van der Waals surface area contributed by atoms with Gasteiger partial charge in [-0.3, -0.25) is 9.69 Å². The first-order chi connectivity index (χ1) is 17.9. The van der Waals surface area contributed by atoms with Crippen LogP contribution in [-0.2, 0) is 4.79 Å². The minimum atomic E-state index is -0.196. The van der Waals surface area contributed by atoms with Gasteiger partial charge in [0.25, 0.3) is 5.91 Å². The molecule has 0 radical (unpaired) electrons. The van der Waals surface area contributed by atoms with Crippen LogP contribution in [0.2, 0.25) is 0 Å². The number of carbonyl (C=O) groups is 1. The quantitative estimate of drug-likeness (QED) is 0.294. The molecule has 1 aromatic heterocycles. The monoisotopic (exact) mass is 529 g/mol. The number of fused-ring (bicyclic) bond motifs is 1. The van der Waals surface area contributed by atoms with Gasteiger partial charge in [-0.05, 0) is 49.0 Å². The summed E-state index contributed by atoms with van der Waals surface area (Å²) in [6.45, 7) is 7.18. The van der Waals surface area contributed by atoms with E-state index in [0.717, 1.165) is 23.4 Å². The van der Waals surface area contributed by atoms with E-state index in [0.29, 0.717) is 52.5 Å². The van der Waals surface area contributed by atoms with E-state index in [4.69, 9.17) is 28.7 Å². The predicted molar refractivity (Wildman–Crippen MR) is 148 cm³/mol. The van der Waals surface area contributed by atoms with E-state index in [1.807, 2.05) is 12.1 Å². The Morgan fingerprint density at radius 3 is 2.00 bits per heavy atom. The molecule has 3 aromatic rings. The molecule has 0 aliphatic carbocycles. The van der Waals surface area contributed by atoms with Crippen LogP contribution in [0.15, 0.2) is 30.3 Å². The second-order valence-electron chi connectivity index (χ2n) is 7.95. The number of thiazole rings is 1. The molecule has 2 aromatic carbocycles. The molecular weight excluding hydrogens is 494 g/mol. The summed E-state index contributed by atoms with van der Waals surface area (Å²) in [7, 11) is 7.88. The summed E-state index contributed by atoms with van der Waals surface area (Å²) >= 11 is 1.40. The van der Waals surface area contributed by atoms with Crippen molar-refractivity contribution in [1.82, 2.24) is 9.88 Å². The summed E-state index contributed by atoms with van der Waals surface area (Å²) in [5, 5.41) is 0.574. The molecule has 0 unspecified atom stereocenters. The maximum atomic E-state index is 13.6. The fourth-order valence-corrected chi connectivity index (χ4v) is 5.03. The molecule has 0 fully saturated rings. The summed E-state index contributed by atoms with van der Waals surface area (Å²) in [5.74, 6) is 2.63. The third-order valence-electron chi connectivity index (χ3n) is 6.04. The Morgan fingerprint density at radius 2 is 1.46 bits per heavy atom. The Kier molecular flexibility index (Phi) is 9.99. The van der Waals surface area contributed by atoms with Gasteiger partial charge in [0.15, 0.2) is 16.6 Å². The molecular formula is C27H35N3O6S. The number of methoxy groups -OCH3 is 5. The van der Waals surface area contributed by atoms with Crippen LogP contribution < -0.4 is 28.6 Å². The molecule has 0 saturated heterocycles. The van der Waals surface area contributed by atoms with Crippen molar-refractivity contribution in [2.24, 2.45) is 0 Å². The second kappa shape index (κ2) is 13.2. The van der Waals surface area contributed by atoms with E-state index >= 15 is 0 Å². The molecule has 0 spiro atoms. The van der Waals surface area contributed by atoms with Gasteiger partial charge in [0.2, 0.25) is 5.75 Å². The van der Waals surface area contributed by atoms with Crippen molar-refractivity contribution in [3.05, 3.63) is 35.9 Å². The van der Waals surface area contributed by atoms with Crippen LogP contribution in [0.3, 0.4) is 0 Å². The maximum absolute atomic E-state index is 13.6. The van der Waals surface area contributed by atoms with Crippen molar-refractivity contribution in [3.63, 3.8) is 0 Å². The minimum absolute atomic E-state index is 0.196. The summed E-state index contributed by atoms with van der Waals surface area (Å²) in [6.07, 6.45) is 3.26. The van der Waals surface area contributed by atoms with Gasteiger partial charge >= 0.3 is 0 Å². The van der Waals surface area contributed by atoms with Crippen molar-refractivity contribution >= 4 is 38.7 Å². The van der Waals surface area contributed by atoms with Crippen LogP contribution in [0.5, 0.6) is 28.7 Å². The van der Waals surface area contributed by atoms with Crippen LogP contribution in [0.25, 0.3) is 16.3 Å². The van der Waals surface area contributed by atoms with Crippen LogP contribution in [0.4, 0.5) is 5.13 Å². The van der Waals surface area contributed by atoms with Crippen LogP contribution in [0, 0.1) is 0 Å². The zero-order chi connectivity index (χ0) is 26.9. The number of aromatic nitrogens is 1. The fourth-order valence-electron chi connectivity index (χ4n) is 3.93. The number of benzene rings is 2. The number of carbonyl (C=O) groups excluding carboxylic acids is 1. The van der Waals surface area contributed by atoms with Crippen molar-refractivity contribution in [2.75, 3.05) is 66.6 Å². The fraction of sp³-hybridized carbons (Fsp3) is 0.407. The highest BCUT2D eigenvalue weighted by molar-refractivity contribution is 7.22. The SMILES string of the molecule is CCN(CC)CCN(C(=O)/C=C/c1cc(OC)c(OC)c(OC)c1)c1nc2c(OC)ccc(OC)c2s1. The highest BCUT2D eigenvalue weighted by Crippen LogP contribution is 2.41. The van der Waals surface area contributed by atoms with Crippen molar-refractivity contribution in [1.29, 1.82) is 0 Å². The lowest BCUT2D eigenvalue weighted by Gasteiger charge is -2.23. The van der Waals surface area contributed by atoms with Crippen molar-refractivity contribution < 1.29 is 28.5 Å². The largest absolute Gasteiger partial charge is 0.495 e. The summed E-state index contributed by atoms with van der Waals surface area (Å²) in [6, 6.07) is 7.24. The van der Waals surface area contributed by atoms with Gasteiger partial charge < -0.3 is 28.6 Å². The standard InChI is InChI=1S/C27H35N3O6S/c1-8-29(9-2)14-15-30(27-28-24-19(32-3)11-12-20(33-4)26(24)37-27)23(31)13-10-18-16-21(34-5)25(36-7)22(17-18)35-6/h10-13,16-17H,8-9,14-15H2,1-7H3/b13-10+. The average molecular weight is 530 g/mol. The Labute approximate surface area is 222 Å². The number of likely N-dealkylation sites (N-methyl/N-ethyl adjacent to an activating group) is 1. The highest BCUT2D eigenvalue weighted by Gasteiger charge is 2.22. The van der Waals surface area contributed by atoms with Crippen molar-refractivity contribution in [2.45, 2.75) is 13.8 Å². The number of rotatable bonds is 13. The highest BCUT2D eigenvalue weighted by atomic mass is 32.1. The Balaban J connectivity index is 2.00. The van der Waals surface area contributed by atoms with E-state index in [1.54, 1.807) is 58.7 Å². The zero-order valence-electron chi connectivity index (χ0n) is 22.5. The topological polar surface area (TPSA) is 82.6 Å². The molecule has 200 valence electrons. The molecule has 9 nitrogen and oxygen atoms in total. The lowest BCUT2D eigenvalue weighted by Crippen LogP contribution is -2.38. The molecule has 0 saturated carbocycles. The van der Waals surface area contributed by atoms with Gasteiger partial charge in [-0.25, -0.2) is 4.98 Å². The van der Waals surface area contributed by atoms with Crippen LogP contribution >= 0.6 is 11.3 Å². The summed E-state index contributed by atoms with van der Waals surface area (Å²) in [4.78, 5) is 22.3. The third kappa shape index (κ3) is 6.26. The predicted octanol–water partition coefficient (Wildman–Crippen LogP) is 4.73. The molecule has 37 heavy (non-hydrogen) atoms. The van der Waals surface area contributed by atoms with E-state index in [2.05, 4.69) is 18.7 Å². The number of hydrogen-bond donors (Lipinski definition) is 0. The molecule has 0 aliphatic rings. The van der Waals surface area contributed by atoms with E-state index in [9.17, 15) is 4.79 Å². The van der Waals surface area contributed by atoms with Gasteiger partial charge in [0, 0.05) is 19.2 Å². The molecule has 0 N–H and O–H groups in total. The number of hydrogen-bond acceptors (Lipinski definition) is 9. The lowest BCUT2D eigenvalue weighted by atomic mass is 10.1. The Bertz CT molecular complexity index is 1170. The van der Waals surface area contributed by atoms with Crippen molar-refractivity contribution in [3.8, 4) is 28.7 Å². The molecule has 3 rings (SSSR count). The smallest absolute Gasteiger partial charge is 0.252 e. The summed E-state index contributed by atoms with van der Waals surface area (Å²) in [5.41, 5.74) is 1.40. The summed E-state index contributed by atoms with van der Waals surface area (Å²) < 4.78 is 28.1. The lowest BCUT2D eigenvalue weighted by molar-refractivity contribution is -0.114. The number of ether oxygens (including phenoxy) is 5. The molecule has 0 bridgehead atoms. The molecule has 0 aliphatic heterocycles. The van der Waals surface area contributed by atoms with Gasteiger partial charge in [-0.2, -0.15) is 0 Å². The van der Waals surface area contributed by atoms with Gasteiger partial charge in [0.05, 0.1) is 35.5 Å². The van der Waals surface area contributed by atoms with Gasteiger partial charge in [-0.15, -0.1) is 0 Å². The second-order valence-corrected chi connectivity index (χ2v) is 8.93. The molecule has 1 amide bonds. The number of anilines is 1. The zero-order valence-corrected chi connectivity index (χ0v) is 23.3. The molecule has 0 atom stereocenters. The Morgan fingerprint density at radius 1 is 0.865 bits per heavy atom. The number of nitrogens with zero attached hydrogens (tertiary/aromatic N) is 3. The van der Waals surface area contributed by atoms with E-state index in [-0.39, 0.29) is 5.91 Å². The van der Waals surface area contributed by atoms with Crippen LogP contribution in [-0.4, -0.2) is 77.5 Å². The first-order valence-corrected chi connectivity index (χ1v) is 12.8. The van der Waals surface area contributed by atoms with Gasteiger partial charge in [-0.1, -0.05) is 25.2 Å². The number of amides is 1. The first kappa shape index (κ1) is 28.1. The van der Waals surface area contributed by atoms with Crippen LogP contribution in [0.1, 0.15) is 19.4 Å². The average Bonchev–Trinajstić information content (AvgIpc) is 3.38. The van der Waals surface area contributed by atoms with E-state index in [1.165, 1.54) is 17.4 Å². The molecule has 1 heterocycles. The normalized spacial score (nSPS) is 11.2. The third-order valence-corrected chi connectivity index (χ3v) is 7.13. The minimum Gasteiger partial charge on any atom is -0.495 e. The van der Waals surface area contributed by atoms with E-state index < -0.39 is 0 Å². The maximum Gasteiger partial charge on any atom is 0.252 e. The first-order valence-electron chi connectivity index (χ1n) is 12.0. The Hall–Kier alpha value is -3.50. The molecule has 10 heteroatoms.